The van der Waals surface area contributed by atoms with Crippen LogP contribution in [0.15, 0.2) is 30.5 Å². The zero-order valence-electron chi connectivity index (χ0n) is 10.3. The maximum absolute atomic E-state index is 6.25. The van der Waals surface area contributed by atoms with Crippen LogP contribution in [0.4, 0.5) is 0 Å². The molecule has 4 nitrogen and oxygen atoms in total. The zero-order chi connectivity index (χ0) is 12.4. The highest BCUT2D eigenvalue weighted by Crippen LogP contribution is 2.25. The maximum Gasteiger partial charge on any atom is 0.119 e. The minimum atomic E-state index is -0.159. The molecule has 0 bridgehead atoms. The van der Waals surface area contributed by atoms with Crippen molar-refractivity contribution in [2.24, 2.45) is 12.8 Å². The van der Waals surface area contributed by atoms with E-state index in [4.69, 9.17) is 10.5 Å². The monoisotopic (exact) mass is 231 g/mol. The van der Waals surface area contributed by atoms with Gasteiger partial charge in [-0.2, -0.15) is 5.10 Å². The topological polar surface area (TPSA) is 53.1 Å². The zero-order valence-corrected chi connectivity index (χ0v) is 10.3. The van der Waals surface area contributed by atoms with Gasteiger partial charge in [-0.3, -0.25) is 4.68 Å². The van der Waals surface area contributed by atoms with E-state index in [9.17, 15) is 0 Å². The van der Waals surface area contributed by atoms with Gasteiger partial charge in [0.05, 0.1) is 18.8 Å². The van der Waals surface area contributed by atoms with Crippen molar-refractivity contribution >= 4 is 0 Å². The summed E-state index contributed by atoms with van der Waals surface area (Å²) < 4.78 is 6.99. The van der Waals surface area contributed by atoms with Crippen LogP contribution in [0.5, 0.6) is 5.75 Å². The highest BCUT2D eigenvalue weighted by molar-refractivity contribution is 5.39. The number of benzene rings is 1. The molecule has 0 aliphatic carbocycles. The second-order valence-corrected chi connectivity index (χ2v) is 4.08. The molecule has 0 fully saturated rings. The smallest absolute Gasteiger partial charge is 0.119 e. The van der Waals surface area contributed by atoms with E-state index >= 15 is 0 Å². The van der Waals surface area contributed by atoms with E-state index in [1.165, 1.54) is 0 Å². The molecule has 1 heterocycles. The Morgan fingerprint density at radius 2 is 2.12 bits per heavy atom. The first kappa shape index (κ1) is 11.7. The molecule has 1 aromatic carbocycles. The quantitative estimate of drug-likeness (QED) is 0.876. The minimum absolute atomic E-state index is 0.159. The third-order valence-electron chi connectivity index (χ3n) is 2.99. The molecule has 0 aliphatic rings. The molecule has 1 unspecified atom stereocenters. The summed E-state index contributed by atoms with van der Waals surface area (Å²) in [6.07, 6.45) is 1.76. The predicted octanol–water partition coefficient (Wildman–Crippen LogP) is 1.79. The molecule has 0 radical (unpaired) electrons. The largest absolute Gasteiger partial charge is 0.497 e. The van der Waals surface area contributed by atoms with E-state index in [-0.39, 0.29) is 6.04 Å². The van der Waals surface area contributed by atoms with Gasteiger partial charge in [-0.1, -0.05) is 6.07 Å². The summed E-state index contributed by atoms with van der Waals surface area (Å²) in [5.41, 5.74) is 9.47. The fraction of sp³-hybridized carbons (Fsp3) is 0.308. The number of nitrogens with two attached hydrogens (primary N) is 1. The van der Waals surface area contributed by atoms with Crippen molar-refractivity contribution in [2.75, 3.05) is 7.11 Å². The van der Waals surface area contributed by atoms with Crippen LogP contribution >= 0.6 is 0 Å². The standard InChI is InChI=1S/C13H17N3O/c1-9-8-10(17-3)4-5-11(9)13(14)12-6-7-15-16(12)2/h4-8,13H,14H2,1-3H3. The van der Waals surface area contributed by atoms with Gasteiger partial charge >= 0.3 is 0 Å². The Bertz CT molecular complexity index is 519. The summed E-state index contributed by atoms with van der Waals surface area (Å²) in [7, 11) is 3.56. The van der Waals surface area contributed by atoms with Crippen LogP contribution < -0.4 is 10.5 Å². The lowest BCUT2D eigenvalue weighted by atomic mass is 9.99. The number of aryl methyl sites for hydroxylation is 2. The Morgan fingerprint density at radius 1 is 1.35 bits per heavy atom. The van der Waals surface area contributed by atoms with Crippen LogP contribution in [0, 0.1) is 6.92 Å². The van der Waals surface area contributed by atoms with Crippen LogP contribution in [0.1, 0.15) is 22.9 Å². The average Bonchev–Trinajstić information content (AvgIpc) is 2.74. The Hall–Kier alpha value is -1.81. The first-order chi connectivity index (χ1) is 8.13. The lowest BCUT2D eigenvalue weighted by Gasteiger charge is -2.15. The molecule has 4 heteroatoms. The summed E-state index contributed by atoms with van der Waals surface area (Å²) in [6.45, 7) is 2.04. The fourth-order valence-electron chi connectivity index (χ4n) is 1.97. The Kier molecular flexibility index (Phi) is 3.15. The molecule has 0 saturated heterocycles. The molecular formula is C13H17N3O. The van der Waals surface area contributed by atoms with Crippen LogP contribution in [-0.4, -0.2) is 16.9 Å². The normalized spacial score (nSPS) is 12.5. The highest BCUT2D eigenvalue weighted by Gasteiger charge is 2.14. The Morgan fingerprint density at radius 3 is 2.65 bits per heavy atom. The van der Waals surface area contributed by atoms with Gasteiger partial charge < -0.3 is 10.5 Å². The first-order valence-electron chi connectivity index (χ1n) is 5.51. The molecule has 2 rings (SSSR count). The van der Waals surface area contributed by atoms with Crippen LogP contribution in [0.3, 0.4) is 0 Å². The molecule has 1 atom stereocenters. The summed E-state index contributed by atoms with van der Waals surface area (Å²) in [5, 5.41) is 4.14. The van der Waals surface area contributed by atoms with E-state index in [2.05, 4.69) is 5.10 Å². The summed E-state index contributed by atoms with van der Waals surface area (Å²) in [4.78, 5) is 0. The number of ether oxygens (including phenoxy) is 1. The van der Waals surface area contributed by atoms with Gasteiger partial charge in [0.2, 0.25) is 0 Å². The molecule has 0 aliphatic heterocycles. The molecule has 2 aromatic rings. The van der Waals surface area contributed by atoms with E-state index in [1.54, 1.807) is 18.0 Å². The van der Waals surface area contributed by atoms with E-state index in [1.807, 2.05) is 38.2 Å². The molecule has 90 valence electrons. The number of nitrogens with zero attached hydrogens (tertiary/aromatic N) is 2. The van der Waals surface area contributed by atoms with Gasteiger partial charge in [0.1, 0.15) is 5.75 Å². The molecule has 0 spiro atoms. The lowest BCUT2D eigenvalue weighted by molar-refractivity contribution is 0.414. The lowest BCUT2D eigenvalue weighted by Crippen LogP contribution is -2.17. The van der Waals surface area contributed by atoms with E-state index < -0.39 is 0 Å². The van der Waals surface area contributed by atoms with Crippen molar-refractivity contribution in [1.29, 1.82) is 0 Å². The van der Waals surface area contributed by atoms with Crippen molar-refractivity contribution in [3.63, 3.8) is 0 Å². The Labute approximate surface area is 101 Å². The molecule has 2 N–H and O–H groups in total. The second-order valence-electron chi connectivity index (χ2n) is 4.08. The van der Waals surface area contributed by atoms with Gasteiger partial charge in [-0.15, -0.1) is 0 Å². The van der Waals surface area contributed by atoms with Crippen molar-refractivity contribution in [3.8, 4) is 5.75 Å². The Balaban J connectivity index is 2.38. The van der Waals surface area contributed by atoms with Crippen molar-refractivity contribution in [2.45, 2.75) is 13.0 Å². The fourth-order valence-corrected chi connectivity index (χ4v) is 1.97. The van der Waals surface area contributed by atoms with E-state index in [0.29, 0.717) is 0 Å². The van der Waals surface area contributed by atoms with Crippen molar-refractivity contribution in [3.05, 3.63) is 47.3 Å². The highest BCUT2D eigenvalue weighted by atomic mass is 16.5. The van der Waals surface area contributed by atoms with Gasteiger partial charge in [0.15, 0.2) is 0 Å². The summed E-state index contributed by atoms with van der Waals surface area (Å²) in [6, 6.07) is 7.71. The van der Waals surface area contributed by atoms with Gasteiger partial charge in [0.25, 0.3) is 0 Å². The molecule has 0 saturated carbocycles. The number of methoxy groups -OCH3 is 1. The predicted molar refractivity (Wildman–Crippen MR) is 67.0 cm³/mol. The molecule has 1 aromatic heterocycles. The maximum atomic E-state index is 6.25. The SMILES string of the molecule is COc1ccc(C(N)c2ccnn2C)c(C)c1. The summed E-state index contributed by atoms with van der Waals surface area (Å²) in [5.74, 6) is 0.850. The van der Waals surface area contributed by atoms with Crippen molar-refractivity contribution in [1.82, 2.24) is 9.78 Å². The van der Waals surface area contributed by atoms with Crippen LogP contribution in [0.2, 0.25) is 0 Å². The van der Waals surface area contributed by atoms with Gasteiger partial charge in [0, 0.05) is 13.2 Å². The number of hydrogen-bond donors (Lipinski definition) is 1. The van der Waals surface area contributed by atoms with Crippen LogP contribution in [0.25, 0.3) is 0 Å². The number of rotatable bonds is 3. The molecule has 0 amide bonds. The third kappa shape index (κ3) is 2.17. The second kappa shape index (κ2) is 4.59. The van der Waals surface area contributed by atoms with E-state index in [0.717, 1.165) is 22.6 Å². The number of hydrogen-bond acceptors (Lipinski definition) is 3. The molecular weight excluding hydrogens is 214 g/mol. The minimum Gasteiger partial charge on any atom is -0.497 e. The van der Waals surface area contributed by atoms with Crippen LogP contribution in [-0.2, 0) is 7.05 Å². The molecule has 17 heavy (non-hydrogen) atoms. The first-order valence-corrected chi connectivity index (χ1v) is 5.51. The summed E-state index contributed by atoms with van der Waals surface area (Å²) >= 11 is 0. The van der Waals surface area contributed by atoms with Gasteiger partial charge in [-0.05, 0) is 36.2 Å². The average molecular weight is 231 g/mol. The number of aromatic nitrogens is 2. The van der Waals surface area contributed by atoms with Gasteiger partial charge in [-0.25, -0.2) is 0 Å². The third-order valence-corrected chi connectivity index (χ3v) is 2.99. The van der Waals surface area contributed by atoms with Crippen molar-refractivity contribution < 1.29 is 4.74 Å².